The van der Waals surface area contributed by atoms with Crippen LogP contribution in [0.3, 0.4) is 0 Å². The van der Waals surface area contributed by atoms with Gasteiger partial charge in [0.1, 0.15) is 5.52 Å². The van der Waals surface area contributed by atoms with Crippen LogP contribution >= 0.6 is 46.0 Å². The van der Waals surface area contributed by atoms with Gasteiger partial charge in [0.25, 0.3) is 0 Å². The number of nitrogen functional groups attached to an aromatic ring is 1. The zero-order chi connectivity index (χ0) is 14.4. The number of para-hydroxylation sites is 1. The van der Waals surface area contributed by atoms with Gasteiger partial charge in [-0.25, -0.2) is 9.97 Å². The van der Waals surface area contributed by atoms with Crippen LogP contribution in [0.4, 0.5) is 5.69 Å². The molecule has 3 nitrogen and oxygen atoms in total. The summed E-state index contributed by atoms with van der Waals surface area (Å²) in [6.45, 7) is 0. The molecule has 2 aromatic carbocycles. The zero-order valence-corrected chi connectivity index (χ0v) is 13.7. The number of benzene rings is 2. The first-order valence-corrected chi connectivity index (χ1v) is 8.91. The summed E-state index contributed by atoms with van der Waals surface area (Å²) in [6, 6.07) is 11.6. The number of halogens is 1. The molecule has 0 amide bonds. The lowest BCUT2D eigenvalue weighted by molar-refractivity contribution is 1.26. The van der Waals surface area contributed by atoms with Gasteiger partial charge in [-0.2, -0.15) is 0 Å². The summed E-state index contributed by atoms with van der Waals surface area (Å²) in [4.78, 5) is 9.19. The molecule has 0 bridgehead atoms. The number of hydrogen-bond acceptors (Lipinski definition) is 6. The summed E-state index contributed by atoms with van der Waals surface area (Å²) in [5, 5.41) is 0.688. The lowest BCUT2D eigenvalue weighted by Crippen LogP contribution is -1.81. The second-order valence-corrected chi connectivity index (χ2v) is 8.34. The molecule has 4 aromatic rings. The Hall–Kier alpha value is -1.34. The number of rotatable bonds is 2. The van der Waals surface area contributed by atoms with Gasteiger partial charge in [0, 0.05) is 5.69 Å². The number of fused-ring (bicyclic) bond motifs is 2. The highest BCUT2D eigenvalue weighted by Gasteiger charge is 2.11. The number of aromatic nitrogens is 2. The predicted molar refractivity (Wildman–Crippen MR) is 92.8 cm³/mol. The molecule has 2 N–H and O–H groups in total. The van der Waals surface area contributed by atoms with Gasteiger partial charge in [-0.3, -0.25) is 0 Å². The summed E-state index contributed by atoms with van der Waals surface area (Å²) < 4.78 is 4.10. The zero-order valence-electron chi connectivity index (χ0n) is 10.5. The Morgan fingerprint density at radius 2 is 1.81 bits per heavy atom. The normalized spacial score (nSPS) is 11.5. The minimum Gasteiger partial charge on any atom is -0.399 e. The molecule has 0 saturated heterocycles. The molecule has 4 rings (SSSR count). The van der Waals surface area contributed by atoms with Crippen molar-refractivity contribution < 1.29 is 0 Å². The van der Waals surface area contributed by atoms with E-state index in [9.17, 15) is 0 Å². The number of anilines is 1. The van der Waals surface area contributed by atoms with Gasteiger partial charge in [-0.1, -0.05) is 17.7 Å². The van der Waals surface area contributed by atoms with Crippen LogP contribution in [0.25, 0.3) is 20.4 Å². The van der Waals surface area contributed by atoms with E-state index in [1.807, 2.05) is 36.4 Å². The molecule has 0 saturated carbocycles. The lowest BCUT2D eigenvalue weighted by atomic mass is 10.3. The van der Waals surface area contributed by atoms with E-state index in [0.29, 0.717) is 5.02 Å². The van der Waals surface area contributed by atoms with Crippen LogP contribution in [0.1, 0.15) is 0 Å². The van der Waals surface area contributed by atoms with Gasteiger partial charge >= 0.3 is 0 Å². The van der Waals surface area contributed by atoms with Crippen molar-refractivity contribution in [1.82, 2.24) is 9.97 Å². The van der Waals surface area contributed by atoms with Gasteiger partial charge in [-0.05, 0) is 42.1 Å². The van der Waals surface area contributed by atoms with Crippen molar-refractivity contribution in [2.75, 3.05) is 5.73 Å². The van der Waals surface area contributed by atoms with Gasteiger partial charge in [-0.15, -0.1) is 22.7 Å². The first-order valence-electron chi connectivity index (χ1n) is 6.08. The standard InChI is InChI=1S/C14H8ClN3S3/c15-8-2-1-3-10-12(8)18-14(19-10)21-13-17-9-5-4-7(16)6-11(9)20-13/h1-6H,16H2. The molecule has 0 atom stereocenters. The molecule has 104 valence electrons. The third-order valence-corrected chi connectivity index (χ3v) is 6.38. The van der Waals surface area contributed by atoms with Crippen molar-refractivity contribution in [2.24, 2.45) is 0 Å². The fraction of sp³-hybridized carbons (Fsp3) is 0. The molecule has 0 aliphatic carbocycles. The molecule has 0 aliphatic rings. The van der Waals surface area contributed by atoms with E-state index in [-0.39, 0.29) is 0 Å². The molecule has 2 aromatic heterocycles. The number of nitrogens with two attached hydrogens (primary N) is 1. The Labute approximate surface area is 137 Å². The molecule has 0 fully saturated rings. The molecule has 0 spiro atoms. The van der Waals surface area contributed by atoms with Crippen molar-refractivity contribution in [3.05, 3.63) is 41.4 Å². The summed E-state index contributed by atoms with van der Waals surface area (Å²) in [5.74, 6) is 0. The minimum atomic E-state index is 0.688. The molecular weight excluding hydrogens is 342 g/mol. The number of nitrogens with zero attached hydrogens (tertiary/aromatic N) is 2. The Bertz CT molecular complexity index is 961. The molecule has 0 aliphatic heterocycles. The molecule has 7 heteroatoms. The van der Waals surface area contributed by atoms with E-state index in [0.717, 1.165) is 34.8 Å². The fourth-order valence-corrected chi connectivity index (χ4v) is 5.65. The van der Waals surface area contributed by atoms with E-state index >= 15 is 0 Å². The maximum Gasteiger partial charge on any atom is 0.158 e. The van der Waals surface area contributed by atoms with E-state index in [4.69, 9.17) is 17.3 Å². The molecular formula is C14H8ClN3S3. The van der Waals surface area contributed by atoms with Crippen LogP contribution in [0, 0.1) is 0 Å². The molecule has 0 unspecified atom stereocenters. The van der Waals surface area contributed by atoms with Gasteiger partial charge in [0.05, 0.1) is 19.9 Å². The molecule has 21 heavy (non-hydrogen) atoms. The quantitative estimate of drug-likeness (QED) is 0.499. The average Bonchev–Trinajstić information content (AvgIpc) is 3.02. The predicted octanol–water partition coefficient (Wildman–Crippen LogP) is 5.29. The minimum absolute atomic E-state index is 0.688. The third kappa shape index (κ3) is 2.48. The van der Waals surface area contributed by atoms with E-state index in [1.54, 1.807) is 34.4 Å². The average molecular weight is 350 g/mol. The van der Waals surface area contributed by atoms with Crippen LogP contribution in [0.15, 0.2) is 45.1 Å². The maximum atomic E-state index is 6.16. The largest absolute Gasteiger partial charge is 0.399 e. The van der Waals surface area contributed by atoms with Crippen LogP contribution in [-0.2, 0) is 0 Å². The first kappa shape index (κ1) is 13.3. The monoisotopic (exact) mass is 349 g/mol. The second kappa shape index (κ2) is 5.14. The highest BCUT2D eigenvalue weighted by atomic mass is 35.5. The molecule has 0 radical (unpaired) electrons. The SMILES string of the molecule is Nc1ccc2nc(Sc3nc4c(Cl)cccc4s3)sc2c1. The number of thiazole rings is 2. The van der Waals surface area contributed by atoms with Crippen LogP contribution in [0.5, 0.6) is 0 Å². The van der Waals surface area contributed by atoms with Crippen LogP contribution in [-0.4, -0.2) is 9.97 Å². The summed E-state index contributed by atoms with van der Waals surface area (Å²) in [6.07, 6.45) is 0. The topological polar surface area (TPSA) is 51.8 Å². The Kier molecular flexibility index (Phi) is 3.26. The summed E-state index contributed by atoms with van der Waals surface area (Å²) >= 11 is 11.0. The lowest BCUT2D eigenvalue weighted by Gasteiger charge is -1.89. The van der Waals surface area contributed by atoms with E-state index in [1.165, 1.54) is 0 Å². The summed E-state index contributed by atoms with van der Waals surface area (Å²) in [5.41, 5.74) is 8.39. The van der Waals surface area contributed by atoms with Crippen molar-refractivity contribution in [3.63, 3.8) is 0 Å². The van der Waals surface area contributed by atoms with Gasteiger partial charge in [0.2, 0.25) is 0 Å². The highest BCUT2D eigenvalue weighted by molar-refractivity contribution is 8.02. The van der Waals surface area contributed by atoms with Crippen molar-refractivity contribution in [1.29, 1.82) is 0 Å². The van der Waals surface area contributed by atoms with Crippen LogP contribution < -0.4 is 5.73 Å². The van der Waals surface area contributed by atoms with Gasteiger partial charge in [0.15, 0.2) is 8.68 Å². The first-order chi connectivity index (χ1) is 10.2. The summed E-state index contributed by atoms with van der Waals surface area (Å²) in [7, 11) is 0. The Morgan fingerprint density at radius 1 is 1.00 bits per heavy atom. The van der Waals surface area contributed by atoms with E-state index < -0.39 is 0 Å². The third-order valence-electron chi connectivity index (χ3n) is 2.92. The molecule has 2 heterocycles. The second-order valence-electron chi connectivity index (χ2n) is 4.38. The van der Waals surface area contributed by atoms with Gasteiger partial charge < -0.3 is 5.73 Å². The Balaban J connectivity index is 1.73. The smallest absolute Gasteiger partial charge is 0.158 e. The van der Waals surface area contributed by atoms with Crippen molar-refractivity contribution >= 4 is 72.2 Å². The fourth-order valence-electron chi connectivity index (χ4n) is 1.98. The van der Waals surface area contributed by atoms with E-state index in [2.05, 4.69) is 9.97 Å². The number of hydrogen-bond donors (Lipinski definition) is 1. The van der Waals surface area contributed by atoms with Crippen molar-refractivity contribution in [2.45, 2.75) is 8.68 Å². The van der Waals surface area contributed by atoms with Crippen molar-refractivity contribution in [3.8, 4) is 0 Å². The Morgan fingerprint density at radius 3 is 2.67 bits per heavy atom. The highest BCUT2D eigenvalue weighted by Crippen LogP contribution is 2.39. The maximum absolute atomic E-state index is 6.16. The van der Waals surface area contributed by atoms with Crippen LogP contribution in [0.2, 0.25) is 5.02 Å².